The number of esters is 1. The highest BCUT2D eigenvalue weighted by atomic mass is 16.6. The number of carbonyl (C=O) groups is 1. The van der Waals surface area contributed by atoms with Crippen molar-refractivity contribution in [2.75, 3.05) is 52.9 Å². The van der Waals surface area contributed by atoms with Crippen LogP contribution in [0.15, 0.2) is 0 Å². The lowest BCUT2D eigenvalue weighted by Gasteiger charge is -2.39. The predicted octanol–water partition coefficient (Wildman–Crippen LogP) is 3.82. The Labute approximate surface area is 205 Å². The molecule has 3 fully saturated rings. The summed E-state index contributed by atoms with van der Waals surface area (Å²) < 4.78 is 42.4. The van der Waals surface area contributed by atoms with Crippen LogP contribution in [0.25, 0.3) is 0 Å². The predicted molar refractivity (Wildman–Crippen MR) is 127 cm³/mol. The third-order valence-electron chi connectivity index (χ3n) is 7.03. The van der Waals surface area contributed by atoms with Crippen LogP contribution in [0, 0.1) is 0 Å². The van der Waals surface area contributed by atoms with Crippen molar-refractivity contribution in [1.82, 2.24) is 0 Å². The Hall–Kier alpha value is -0.770. The molecule has 0 bridgehead atoms. The molecule has 0 amide bonds. The Bertz CT molecular complexity index is 539. The van der Waals surface area contributed by atoms with Gasteiger partial charge < -0.3 is 33.2 Å². The lowest BCUT2D eigenvalue weighted by atomic mass is 9.93. The maximum atomic E-state index is 12.1. The van der Waals surface area contributed by atoms with Gasteiger partial charge in [0.1, 0.15) is 12.2 Å². The minimum Gasteiger partial charge on any atom is -0.464 e. The molecule has 2 saturated carbocycles. The summed E-state index contributed by atoms with van der Waals surface area (Å²) in [4.78, 5) is 12.1. The average Bonchev–Trinajstić information content (AvgIpc) is 2.85. The maximum Gasteiger partial charge on any atom is 0.332 e. The van der Waals surface area contributed by atoms with Crippen molar-refractivity contribution in [2.45, 2.75) is 108 Å². The van der Waals surface area contributed by atoms with E-state index in [4.69, 9.17) is 33.2 Å². The number of carbonyl (C=O) groups excluding carboxylic acids is 1. The fraction of sp³-hybridized carbons (Fsp3) is 0.962. The lowest BCUT2D eigenvalue weighted by molar-refractivity contribution is -0.201. The van der Waals surface area contributed by atoms with Gasteiger partial charge in [-0.3, -0.25) is 0 Å². The van der Waals surface area contributed by atoms with Gasteiger partial charge >= 0.3 is 5.97 Å². The van der Waals surface area contributed by atoms with Crippen molar-refractivity contribution in [1.29, 1.82) is 0 Å². The van der Waals surface area contributed by atoms with Crippen LogP contribution in [0.1, 0.15) is 78.1 Å². The summed E-state index contributed by atoms with van der Waals surface area (Å²) in [6.45, 7) is 7.09. The Morgan fingerprint density at radius 3 is 1.74 bits per heavy atom. The number of fused-ring (bicyclic) bond motifs is 2. The van der Waals surface area contributed by atoms with Crippen molar-refractivity contribution in [3.8, 4) is 0 Å². The van der Waals surface area contributed by atoms with Crippen LogP contribution in [-0.2, 0) is 38.0 Å². The summed E-state index contributed by atoms with van der Waals surface area (Å²) in [6, 6.07) is 0. The molecule has 198 valence electrons. The second-order valence-corrected chi connectivity index (χ2v) is 9.73. The van der Waals surface area contributed by atoms with E-state index in [0.717, 1.165) is 64.2 Å². The second-order valence-electron chi connectivity index (χ2n) is 9.73. The Morgan fingerprint density at radius 1 is 0.765 bits per heavy atom. The molecular formula is C26H46O8. The molecule has 8 nitrogen and oxygen atoms in total. The second kappa shape index (κ2) is 15.4. The summed E-state index contributed by atoms with van der Waals surface area (Å²) in [5.74, 6) is -0.358. The van der Waals surface area contributed by atoms with Gasteiger partial charge in [-0.2, -0.15) is 0 Å². The first-order chi connectivity index (χ1) is 16.7. The van der Waals surface area contributed by atoms with E-state index in [1.807, 2.05) is 0 Å². The van der Waals surface area contributed by atoms with Crippen LogP contribution in [0.3, 0.4) is 0 Å². The first-order valence-corrected chi connectivity index (χ1v) is 13.5. The fourth-order valence-corrected chi connectivity index (χ4v) is 5.24. The standard InChI is InChI=1S/C26H46O8/c1-3-13-26(34-18-25(27)29-4-2)19-32-23-11-7-5-9-21(23)30-16-14-28-15-17-31-22-10-6-8-12-24(22)33-20-26/h21-24H,3-20H2,1-2H3. The van der Waals surface area contributed by atoms with Crippen molar-refractivity contribution in [2.24, 2.45) is 0 Å². The highest BCUT2D eigenvalue weighted by Crippen LogP contribution is 2.30. The highest BCUT2D eigenvalue weighted by molar-refractivity contribution is 5.70. The first kappa shape index (κ1) is 27.8. The molecule has 0 aromatic carbocycles. The molecule has 0 N–H and O–H groups in total. The Kier molecular flexibility index (Phi) is 12.6. The summed E-state index contributed by atoms with van der Waals surface area (Å²) in [5, 5.41) is 0. The molecule has 4 atom stereocenters. The molecule has 3 aliphatic rings. The third-order valence-corrected chi connectivity index (χ3v) is 7.03. The fourth-order valence-electron chi connectivity index (χ4n) is 5.24. The molecule has 1 heterocycles. The molecule has 0 radical (unpaired) electrons. The molecule has 4 unspecified atom stereocenters. The molecule has 0 aromatic heterocycles. The SMILES string of the molecule is CCCC1(OCC(=O)OCC)COC2CCCCC2OCCOCCOC2CCCCC2OC1. The van der Waals surface area contributed by atoms with Gasteiger partial charge in [0, 0.05) is 0 Å². The van der Waals surface area contributed by atoms with Crippen molar-refractivity contribution < 1.29 is 38.0 Å². The highest BCUT2D eigenvalue weighted by Gasteiger charge is 2.38. The lowest BCUT2D eigenvalue weighted by Crippen LogP contribution is -2.49. The van der Waals surface area contributed by atoms with Gasteiger partial charge in [0.15, 0.2) is 0 Å². The number of hydrogen-bond acceptors (Lipinski definition) is 8. The summed E-state index contributed by atoms with van der Waals surface area (Å²) in [5.41, 5.74) is -0.717. The zero-order chi connectivity index (χ0) is 24.1. The smallest absolute Gasteiger partial charge is 0.332 e. The van der Waals surface area contributed by atoms with Crippen LogP contribution in [-0.4, -0.2) is 88.8 Å². The van der Waals surface area contributed by atoms with Crippen LogP contribution in [0.4, 0.5) is 0 Å². The zero-order valence-corrected chi connectivity index (χ0v) is 21.3. The molecule has 1 aliphatic heterocycles. The normalized spacial score (nSPS) is 34.5. The van der Waals surface area contributed by atoms with Crippen LogP contribution >= 0.6 is 0 Å². The zero-order valence-electron chi connectivity index (χ0n) is 21.3. The van der Waals surface area contributed by atoms with Gasteiger partial charge in [0.2, 0.25) is 0 Å². The van der Waals surface area contributed by atoms with E-state index in [1.165, 1.54) is 0 Å². The van der Waals surface area contributed by atoms with E-state index in [2.05, 4.69) is 6.92 Å². The molecule has 1 saturated heterocycles. The molecule has 0 spiro atoms. The van der Waals surface area contributed by atoms with Gasteiger partial charge in [0.05, 0.1) is 70.7 Å². The van der Waals surface area contributed by atoms with E-state index < -0.39 is 5.60 Å². The van der Waals surface area contributed by atoms with Gasteiger partial charge in [0.25, 0.3) is 0 Å². The van der Waals surface area contributed by atoms with Crippen LogP contribution in [0.5, 0.6) is 0 Å². The van der Waals surface area contributed by atoms with E-state index in [-0.39, 0.29) is 37.0 Å². The monoisotopic (exact) mass is 486 g/mol. The van der Waals surface area contributed by atoms with Gasteiger partial charge in [-0.05, 0) is 39.0 Å². The maximum absolute atomic E-state index is 12.1. The van der Waals surface area contributed by atoms with E-state index in [9.17, 15) is 4.79 Å². The van der Waals surface area contributed by atoms with Gasteiger partial charge in [-0.25, -0.2) is 4.79 Å². The van der Waals surface area contributed by atoms with Crippen LogP contribution in [0.2, 0.25) is 0 Å². The minimum absolute atomic E-state index is 0.00911. The topological polar surface area (TPSA) is 81.7 Å². The molecule has 3 rings (SSSR count). The first-order valence-electron chi connectivity index (χ1n) is 13.5. The Balaban J connectivity index is 1.74. The molecule has 2 aliphatic carbocycles. The van der Waals surface area contributed by atoms with E-state index >= 15 is 0 Å². The summed E-state index contributed by atoms with van der Waals surface area (Å²) in [6.07, 6.45) is 10.2. The van der Waals surface area contributed by atoms with Gasteiger partial charge in [-0.1, -0.05) is 39.0 Å². The molecule has 8 heteroatoms. The minimum atomic E-state index is -0.717. The Morgan fingerprint density at radius 2 is 1.26 bits per heavy atom. The van der Waals surface area contributed by atoms with Crippen molar-refractivity contribution in [3.63, 3.8) is 0 Å². The van der Waals surface area contributed by atoms with Crippen LogP contribution < -0.4 is 0 Å². The number of hydrogen-bond donors (Lipinski definition) is 0. The largest absolute Gasteiger partial charge is 0.464 e. The van der Waals surface area contributed by atoms with E-state index in [1.54, 1.807) is 6.92 Å². The summed E-state index contributed by atoms with van der Waals surface area (Å²) in [7, 11) is 0. The quantitative estimate of drug-likeness (QED) is 0.524. The third kappa shape index (κ3) is 9.03. The number of rotatable bonds is 6. The van der Waals surface area contributed by atoms with Gasteiger partial charge in [-0.15, -0.1) is 0 Å². The molecule has 0 aromatic rings. The van der Waals surface area contributed by atoms with E-state index in [0.29, 0.717) is 46.2 Å². The molecular weight excluding hydrogens is 440 g/mol. The summed E-state index contributed by atoms with van der Waals surface area (Å²) >= 11 is 0. The number of ether oxygens (including phenoxy) is 7. The molecule has 34 heavy (non-hydrogen) atoms. The average molecular weight is 487 g/mol. The van der Waals surface area contributed by atoms with Crippen molar-refractivity contribution >= 4 is 5.97 Å². The van der Waals surface area contributed by atoms with Crippen molar-refractivity contribution in [3.05, 3.63) is 0 Å².